The number of amides is 1. The molecule has 0 heterocycles. The van der Waals surface area contributed by atoms with E-state index in [0.29, 0.717) is 0 Å². The van der Waals surface area contributed by atoms with Crippen LogP contribution in [0.2, 0.25) is 0 Å². The Hall–Kier alpha value is -2.81. The van der Waals surface area contributed by atoms with Crippen LogP contribution in [0.3, 0.4) is 0 Å². The average Bonchev–Trinajstić information content (AvgIpc) is 2.59. The first kappa shape index (κ1) is 17.5. The Kier molecular flexibility index (Phi) is 5.96. The van der Waals surface area contributed by atoms with Crippen molar-refractivity contribution >= 4 is 11.9 Å². The van der Waals surface area contributed by atoms with Crippen molar-refractivity contribution in [3.05, 3.63) is 46.7 Å². The van der Waals surface area contributed by atoms with Gasteiger partial charge in [0.15, 0.2) is 0 Å². The van der Waals surface area contributed by atoms with Crippen LogP contribution in [-0.4, -0.2) is 23.5 Å². The maximum atomic E-state index is 11.7. The van der Waals surface area contributed by atoms with Crippen molar-refractivity contribution in [3.8, 4) is 6.07 Å². The second-order valence-electron chi connectivity index (χ2n) is 5.87. The van der Waals surface area contributed by atoms with E-state index in [1.807, 2.05) is 6.92 Å². The van der Waals surface area contributed by atoms with Crippen molar-refractivity contribution in [1.82, 2.24) is 10.6 Å². The van der Waals surface area contributed by atoms with Crippen molar-refractivity contribution in [3.63, 3.8) is 0 Å². The van der Waals surface area contributed by atoms with E-state index in [9.17, 15) is 9.59 Å². The zero-order valence-corrected chi connectivity index (χ0v) is 13.6. The Morgan fingerprint density at radius 3 is 2.71 bits per heavy atom. The maximum absolute atomic E-state index is 11.7. The summed E-state index contributed by atoms with van der Waals surface area (Å²) in [6.45, 7) is 1.43. The molecule has 0 aliphatic heterocycles. The lowest BCUT2D eigenvalue weighted by atomic mass is 9.89. The number of rotatable bonds is 6. The smallest absolute Gasteiger partial charge is 0.322 e. The third-order valence-corrected chi connectivity index (χ3v) is 4.12. The van der Waals surface area contributed by atoms with Crippen molar-refractivity contribution in [2.75, 3.05) is 6.54 Å². The predicted molar refractivity (Wildman–Crippen MR) is 89.0 cm³/mol. The lowest BCUT2D eigenvalue weighted by molar-refractivity contribution is -0.137. The minimum absolute atomic E-state index is 0.0622. The summed E-state index contributed by atoms with van der Waals surface area (Å²) in [4.78, 5) is 22.2. The molecule has 0 saturated carbocycles. The van der Waals surface area contributed by atoms with Crippen molar-refractivity contribution in [1.29, 1.82) is 5.26 Å². The Morgan fingerprint density at radius 1 is 1.33 bits per heavy atom. The molecule has 24 heavy (non-hydrogen) atoms. The van der Waals surface area contributed by atoms with E-state index in [0.717, 1.165) is 18.4 Å². The van der Waals surface area contributed by atoms with Crippen LogP contribution in [0.1, 0.15) is 42.5 Å². The van der Waals surface area contributed by atoms with Crippen molar-refractivity contribution in [2.45, 2.75) is 38.6 Å². The number of nitrogens with zero attached hydrogens (tertiary/aromatic N) is 1. The number of carboxylic acid groups (broad SMARTS) is 1. The first-order valence-electron chi connectivity index (χ1n) is 7.99. The van der Waals surface area contributed by atoms with E-state index in [1.165, 1.54) is 30.2 Å². The molecule has 0 aromatic heterocycles. The first-order chi connectivity index (χ1) is 11.5. The van der Waals surface area contributed by atoms with Gasteiger partial charge in [-0.3, -0.25) is 9.59 Å². The van der Waals surface area contributed by atoms with Crippen LogP contribution in [0.5, 0.6) is 0 Å². The maximum Gasteiger partial charge on any atom is 0.322 e. The number of nitrogens with one attached hydrogen (secondary N) is 2. The van der Waals surface area contributed by atoms with E-state index < -0.39 is 18.4 Å². The molecule has 126 valence electrons. The molecule has 1 unspecified atom stereocenters. The molecule has 0 saturated heterocycles. The number of hydrogen-bond acceptors (Lipinski definition) is 4. The van der Waals surface area contributed by atoms with Gasteiger partial charge in [-0.15, -0.1) is 0 Å². The summed E-state index contributed by atoms with van der Waals surface area (Å²) in [7, 11) is 0. The molecule has 3 N–H and O–H groups in total. The summed E-state index contributed by atoms with van der Waals surface area (Å²) < 4.78 is 0. The van der Waals surface area contributed by atoms with Gasteiger partial charge in [-0.25, -0.2) is 0 Å². The zero-order chi connectivity index (χ0) is 17.5. The summed E-state index contributed by atoms with van der Waals surface area (Å²) in [6, 6.07) is 8.10. The number of carbonyl (C=O) groups excluding carboxylic acids is 1. The number of carbonyl (C=O) groups is 2. The average molecular weight is 327 g/mol. The van der Waals surface area contributed by atoms with Gasteiger partial charge in [0.1, 0.15) is 18.2 Å². The molecule has 0 bridgehead atoms. The topological polar surface area (TPSA) is 102 Å². The molecular formula is C18H21N3O3. The summed E-state index contributed by atoms with van der Waals surface area (Å²) in [5.41, 5.74) is 3.71. The molecule has 1 aliphatic carbocycles. The molecule has 6 nitrogen and oxygen atoms in total. The quantitative estimate of drug-likeness (QED) is 0.546. The minimum atomic E-state index is -1.16. The molecule has 2 rings (SSSR count). The molecule has 6 heteroatoms. The van der Waals surface area contributed by atoms with Gasteiger partial charge in [-0.1, -0.05) is 18.2 Å². The number of aliphatic carboxylic acids is 1. The number of nitriles is 1. The van der Waals surface area contributed by atoms with E-state index in [4.69, 9.17) is 10.4 Å². The van der Waals surface area contributed by atoms with Crippen molar-refractivity contribution in [2.24, 2.45) is 0 Å². The van der Waals surface area contributed by atoms with Crippen LogP contribution in [0.15, 0.2) is 30.0 Å². The van der Waals surface area contributed by atoms with Gasteiger partial charge in [0.2, 0.25) is 0 Å². The van der Waals surface area contributed by atoms with Crippen LogP contribution in [-0.2, 0) is 22.4 Å². The van der Waals surface area contributed by atoms with E-state index in [1.54, 1.807) is 6.07 Å². The van der Waals surface area contributed by atoms with Crippen LogP contribution >= 0.6 is 0 Å². The number of fused-ring (bicyclic) bond motifs is 1. The minimum Gasteiger partial charge on any atom is -0.480 e. The molecule has 0 spiro atoms. The summed E-state index contributed by atoms with van der Waals surface area (Å²) >= 11 is 0. The second kappa shape index (κ2) is 8.16. The molecule has 0 radical (unpaired) electrons. The van der Waals surface area contributed by atoms with Crippen LogP contribution in [0.25, 0.3) is 0 Å². The van der Waals surface area contributed by atoms with Gasteiger partial charge < -0.3 is 15.7 Å². The highest BCUT2D eigenvalue weighted by Crippen LogP contribution is 2.24. The first-order valence-corrected chi connectivity index (χ1v) is 7.99. The molecular weight excluding hydrogens is 306 g/mol. The summed E-state index contributed by atoms with van der Waals surface area (Å²) in [5.74, 6) is -1.86. The number of carboxylic acids is 1. The predicted octanol–water partition coefficient (Wildman–Crippen LogP) is 1.82. The third kappa shape index (κ3) is 4.59. The SMILES string of the molecule is CC(N/C=C(/C#N)C(=O)NCC(=O)O)c1ccc2c(c1)CCCC2. The monoisotopic (exact) mass is 327 g/mol. The molecule has 1 atom stereocenters. The van der Waals surface area contributed by atoms with Gasteiger partial charge in [0, 0.05) is 12.2 Å². The highest BCUT2D eigenvalue weighted by molar-refractivity contribution is 5.98. The standard InChI is InChI=1S/C18H21N3O3/c1-12(14-7-6-13-4-2-3-5-15(13)8-14)20-10-16(9-19)18(24)21-11-17(22)23/h6-8,10,12,20H,2-5,11H2,1H3,(H,21,24)(H,22,23)/b16-10-. The lowest BCUT2D eigenvalue weighted by Crippen LogP contribution is -2.30. The molecule has 1 amide bonds. The van der Waals surface area contributed by atoms with Crippen LogP contribution in [0, 0.1) is 11.3 Å². The fraction of sp³-hybridized carbons (Fsp3) is 0.389. The molecule has 1 aliphatic rings. The number of benzene rings is 1. The molecule has 0 fully saturated rings. The number of aryl methyl sites for hydroxylation is 2. The van der Waals surface area contributed by atoms with Crippen LogP contribution < -0.4 is 10.6 Å². The van der Waals surface area contributed by atoms with Gasteiger partial charge >= 0.3 is 5.97 Å². The largest absolute Gasteiger partial charge is 0.480 e. The number of hydrogen-bond donors (Lipinski definition) is 3. The Morgan fingerprint density at radius 2 is 2.04 bits per heavy atom. The normalized spacial score (nSPS) is 14.9. The zero-order valence-electron chi connectivity index (χ0n) is 13.6. The molecule has 1 aromatic rings. The summed E-state index contributed by atoms with van der Waals surface area (Å²) in [5, 5.41) is 22.8. The Bertz CT molecular complexity index is 704. The van der Waals surface area contributed by atoms with Crippen molar-refractivity contribution < 1.29 is 14.7 Å². The highest BCUT2D eigenvalue weighted by atomic mass is 16.4. The molecule has 1 aromatic carbocycles. The highest BCUT2D eigenvalue weighted by Gasteiger charge is 2.13. The van der Waals surface area contributed by atoms with Gasteiger partial charge in [-0.2, -0.15) is 5.26 Å². The van der Waals surface area contributed by atoms with E-state index in [-0.39, 0.29) is 11.6 Å². The Balaban J connectivity index is 2.02. The van der Waals surface area contributed by atoms with Gasteiger partial charge in [0.05, 0.1) is 0 Å². The van der Waals surface area contributed by atoms with Gasteiger partial charge in [0.25, 0.3) is 5.91 Å². The van der Waals surface area contributed by atoms with Crippen LogP contribution in [0.4, 0.5) is 0 Å². The van der Waals surface area contributed by atoms with E-state index in [2.05, 4.69) is 28.8 Å². The lowest BCUT2D eigenvalue weighted by Gasteiger charge is -2.19. The van der Waals surface area contributed by atoms with Gasteiger partial charge in [-0.05, 0) is 49.3 Å². The Labute approximate surface area is 141 Å². The fourth-order valence-corrected chi connectivity index (χ4v) is 2.73. The summed E-state index contributed by atoms with van der Waals surface area (Å²) in [6.07, 6.45) is 5.99. The third-order valence-electron chi connectivity index (χ3n) is 4.12. The van der Waals surface area contributed by atoms with E-state index >= 15 is 0 Å². The second-order valence-corrected chi connectivity index (χ2v) is 5.87. The fourth-order valence-electron chi connectivity index (χ4n) is 2.73.